The standard InChI is InChI=1S/C14H19N3O/c1-3-4-13-16-14(18-17-13)9-10(2)11-5-7-12(15)8-6-11/h5-8,10H,3-4,9,15H2,1-2H3. The van der Waals surface area contributed by atoms with Gasteiger partial charge in [0.1, 0.15) is 0 Å². The van der Waals surface area contributed by atoms with Crippen LogP contribution in [0, 0.1) is 0 Å². The molecule has 2 aromatic rings. The summed E-state index contributed by atoms with van der Waals surface area (Å²) >= 11 is 0. The van der Waals surface area contributed by atoms with E-state index in [1.54, 1.807) is 0 Å². The number of hydrogen-bond acceptors (Lipinski definition) is 4. The fraction of sp³-hybridized carbons (Fsp3) is 0.429. The predicted octanol–water partition coefficient (Wildman–Crippen LogP) is 2.95. The molecule has 0 saturated carbocycles. The Bertz CT molecular complexity index is 490. The van der Waals surface area contributed by atoms with E-state index in [9.17, 15) is 0 Å². The number of rotatable bonds is 5. The highest BCUT2D eigenvalue weighted by molar-refractivity contribution is 5.40. The van der Waals surface area contributed by atoms with Crippen molar-refractivity contribution in [1.29, 1.82) is 0 Å². The highest BCUT2D eigenvalue weighted by atomic mass is 16.5. The number of nitrogens with zero attached hydrogens (tertiary/aromatic N) is 2. The molecule has 0 radical (unpaired) electrons. The van der Waals surface area contributed by atoms with Gasteiger partial charge in [-0.1, -0.05) is 31.1 Å². The van der Waals surface area contributed by atoms with Gasteiger partial charge in [0.05, 0.1) is 0 Å². The summed E-state index contributed by atoms with van der Waals surface area (Å²) in [7, 11) is 0. The maximum atomic E-state index is 5.68. The molecule has 2 rings (SSSR count). The van der Waals surface area contributed by atoms with Gasteiger partial charge in [-0.05, 0) is 30.0 Å². The van der Waals surface area contributed by atoms with Crippen LogP contribution in [-0.2, 0) is 12.8 Å². The number of nitrogens with two attached hydrogens (primary N) is 1. The van der Waals surface area contributed by atoms with E-state index < -0.39 is 0 Å². The van der Waals surface area contributed by atoms with Crippen molar-refractivity contribution in [3.63, 3.8) is 0 Å². The number of hydrogen-bond donors (Lipinski definition) is 1. The molecule has 4 nitrogen and oxygen atoms in total. The molecule has 4 heteroatoms. The van der Waals surface area contributed by atoms with Crippen molar-refractivity contribution in [2.45, 2.75) is 39.0 Å². The lowest BCUT2D eigenvalue weighted by Gasteiger charge is -2.08. The Hall–Kier alpha value is -1.84. The minimum absolute atomic E-state index is 0.348. The molecule has 1 atom stereocenters. The summed E-state index contributed by atoms with van der Waals surface area (Å²) in [6.07, 6.45) is 2.67. The topological polar surface area (TPSA) is 64.9 Å². The van der Waals surface area contributed by atoms with Crippen LogP contribution in [0.5, 0.6) is 0 Å². The molecular weight excluding hydrogens is 226 g/mol. The van der Waals surface area contributed by atoms with E-state index in [0.717, 1.165) is 30.8 Å². The molecule has 0 amide bonds. The zero-order chi connectivity index (χ0) is 13.0. The Morgan fingerprint density at radius 1 is 1.28 bits per heavy atom. The molecule has 0 spiro atoms. The Balaban J connectivity index is 2.01. The SMILES string of the molecule is CCCc1noc(CC(C)c2ccc(N)cc2)n1. The van der Waals surface area contributed by atoms with Gasteiger partial charge in [0.2, 0.25) is 5.89 Å². The molecule has 1 aromatic carbocycles. The van der Waals surface area contributed by atoms with Crippen molar-refractivity contribution in [1.82, 2.24) is 10.1 Å². The van der Waals surface area contributed by atoms with Crippen LogP contribution in [0.3, 0.4) is 0 Å². The molecule has 1 aromatic heterocycles. The number of benzene rings is 1. The number of aromatic nitrogens is 2. The molecule has 1 heterocycles. The molecule has 0 aliphatic heterocycles. The maximum Gasteiger partial charge on any atom is 0.227 e. The summed E-state index contributed by atoms with van der Waals surface area (Å²) in [4.78, 5) is 4.38. The van der Waals surface area contributed by atoms with Crippen LogP contribution in [0.2, 0.25) is 0 Å². The van der Waals surface area contributed by atoms with Crippen molar-refractivity contribution in [2.24, 2.45) is 0 Å². The van der Waals surface area contributed by atoms with Gasteiger partial charge in [-0.3, -0.25) is 0 Å². The first-order chi connectivity index (χ1) is 8.69. The van der Waals surface area contributed by atoms with Gasteiger partial charge in [-0.2, -0.15) is 4.98 Å². The average molecular weight is 245 g/mol. The molecule has 0 bridgehead atoms. The van der Waals surface area contributed by atoms with Crippen LogP contribution in [0.25, 0.3) is 0 Å². The summed E-state index contributed by atoms with van der Waals surface area (Å²) in [5.41, 5.74) is 7.70. The van der Waals surface area contributed by atoms with E-state index in [-0.39, 0.29) is 0 Å². The lowest BCUT2D eigenvalue weighted by atomic mass is 9.98. The van der Waals surface area contributed by atoms with Crippen LogP contribution in [0.1, 0.15) is 43.5 Å². The number of aryl methyl sites for hydroxylation is 1. The van der Waals surface area contributed by atoms with Gasteiger partial charge < -0.3 is 10.3 Å². The monoisotopic (exact) mass is 245 g/mol. The minimum atomic E-state index is 0.348. The number of anilines is 1. The summed E-state index contributed by atoms with van der Waals surface area (Å²) in [5.74, 6) is 1.86. The van der Waals surface area contributed by atoms with Crippen LogP contribution in [-0.4, -0.2) is 10.1 Å². The van der Waals surface area contributed by atoms with Gasteiger partial charge in [0, 0.05) is 18.5 Å². The Morgan fingerprint density at radius 3 is 2.67 bits per heavy atom. The first-order valence-electron chi connectivity index (χ1n) is 6.36. The van der Waals surface area contributed by atoms with Crippen molar-refractivity contribution in [2.75, 3.05) is 5.73 Å². The third-order valence-corrected chi connectivity index (χ3v) is 2.97. The van der Waals surface area contributed by atoms with Gasteiger partial charge in [0.25, 0.3) is 0 Å². The summed E-state index contributed by atoms with van der Waals surface area (Å²) in [5, 5.41) is 3.96. The van der Waals surface area contributed by atoms with Crippen molar-refractivity contribution in [3.8, 4) is 0 Å². The summed E-state index contributed by atoms with van der Waals surface area (Å²) in [6.45, 7) is 4.25. The molecule has 0 aliphatic carbocycles. The van der Waals surface area contributed by atoms with Crippen molar-refractivity contribution >= 4 is 5.69 Å². The molecular formula is C14H19N3O. The van der Waals surface area contributed by atoms with Gasteiger partial charge in [-0.15, -0.1) is 0 Å². The van der Waals surface area contributed by atoms with Crippen molar-refractivity contribution in [3.05, 3.63) is 41.5 Å². The van der Waals surface area contributed by atoms with Crippen LogP contribution < -0.4 is 5.73 Å². The van der Waals surface area contributed by atoms with Crippen LogP contribution >= 0.6 is 0 Å². The summed E-state index contributed by atoms with van der Waals surface area (Å²) < 4.78 is 5.25. The van der Waals surface area contributed by atoms with Gasteiger partial charge in [0.15, 0.2) is 5.82 Å². The van der Waals surface area contributed by atoms with Gasteiger partial charge >= 0.3 is 0 Å². The van der Waals surface area contributed by atoms with E-state index in [0.29, 0.717) is 11.8 Å². The smallest absolute Gasteiger partial charge is 0.227 e. The molecule has 1 unspecified atom stereocenters. The highest BCUT2D eigenvalue weighted by Crippen LogP contribution is 2.20. The zero-order valence-electron chi connectivity index (χ0n) is 10.9. The Morgan fingerprint density at radius 2 is 2.00 bits per heavy atom. The second-order valence-corrected chi connectivity index (χ2v) is 4.63. The lowest BCUT2D eigenvalue weighted by Crippen LogP contribution is -1.99. The minimum Gasteiger partial charge on any atom is -0.399 e. The normalized spacial score (nSPS) is 12.6. The second-order valence-electron chi connectivity index (χ2n) is 4.63. The maximum absolute atomic E-state index is 5.68. The lowest BCUT2D eigenvalue weighted by molar-refractivity contribution is 0.366. The first kappa shape index (κ1) is 12.6. The van der Waals surface area contributed by atoms with Crippen LogP contribution in [0.4, 0.5) is 5.69 Å². The molecule has 0 saturated heterocycles. The third-order valence-electron chi connectivity index (χ3n) is 2.97. The largest absolute Gasteiger partial charge is 0.399 e. The van der Waals surface area contributed by atoms with Crippen LogP contribution in [0.15, 0.2) is 28.8 Å². The zero-order valence-corrected chi connectivity index (χ0v) is 10.9. The molecule has 96 valence electrons. The quantitative estimate of drug-likeness (QED) is 0.822. The Kier molecular flexibility index (Phi) is 3.97. The first-order valence-corrected chi connectivity index (χ1v) is 6.36. The second kappa shape index (κ2) is 5.67. The number of nitrogen functional groups attached to an aromatic ring is 1. The average Bonchev–Trinajstić information content (AvgIpc) is 2.78. The third kappa shape index (κ3) is 3.09. The molecule has 18 heavy (non-hydrogen) atoms. The van der Waals surface area contributed by atoms with E-state index in [4.69, 9.17) is 10.3 Å². The van der Waals surface area contributed by atoms with E-state index in [1.165, 1.54) is 5.56 Å². The van der Waals surface area contributed by atoms with E-state index in [1.807, 2.05) is 24.3 Å². The molecule has 0 aliphatic rings. The highest BCUT2D eigenvalue weighted by Gasteiger charge is 2.12. The van der Waals surface area contributed by atoms with Crippen molar-refractivity contribution < 1.29 is 4.52 Å². The predicted molar refractivity (Wildman–Crippen MR) is 71.3 cm³/mol. The molecule has 2 N–H and O–H groups in total. The summed E-state index contributed by atoms with van der Waals surface area (Å²) in [6, 6.07) is 7.93. The fourth-order valence-corrected chi connectivity index (χ4v) is 1.90. The van der Waals surface area contributed by atoms with E-state index >= 15 is 0 Å². The van der Waals surface area contributed by atoms with Gasteiger partial charge in [-0.25, -0.2) is 0 Å². The Labute approximate surface area is 107 Å². The van der Waals surface area contributed by atoms with E-state index in [2.05, 4.69) is 24.0 Å². The fourth-order valence-electron chi connectivity index (χ4n) is 1.90. The molecule has 0 fully saturated rings.